The average Bonchev–Trinajstić information content (AvgIpc) is 3.30. The SMILES string of the molecule is NCCCCN(Cc1nc2ccccc2[nH]1)C1CCCc2cccnc21.Nc1ccc(S(=O)(=O)O)cc1. The molecule has 0 saturated carbocycles. The number of pyridine rings is 1. The van der Waals surface area contributed by atoms with E-state index in [0.717, 1.165) is 62.2 Å². The molecule has 196 valence electrons. The summed E-state index contributed by atoms with van der Waals surface area (Å²) >= 11 is 0. The van der Waals surface area contributed by atoms with Crippen LogP contribution in [-0.2, 0) is 23.1 Å². The largest absolute Gasteiger partial charge is 0.399 e. The summed E-state index contributed by atoms with van der Waals surface area (Å²) in [6.45, 7) is 2.59. The van der Waals surface area contributed by atoms with Crippen LogP contribution in [0.15, 0.2) is 71.8 Å². The summed E-state index contributed by atoms with van der Waals surface area (Å²) in [6, 6.07) is 18.2. The first-order valence-electron chi connectivity index (χ1n) is 12.5. The number of fused-ring (bicyclic) bond motifs is 2. The van der Waals surface area contributed by atoms with Crippen molar-refractivity contribution in [2.24, 2.45) is 5.73 Å². The molecule has 1 unspecified atom stereocenters. The minimum Gasteiger partial charge on any atom is -0.399 e. The van der Waals surface area contributed by atoms with Crippen LogP contribution in [0.2, 0.25) is 0 Å². The fraction of sp³-hybridized carbons (Fsp3) is 0.333. The normalized spacial score (nSPS) is 15.3. The molecular formula is C27H34N6O3S. The number of aromatic nitrogens is 3. The van der Waals surface area contributed by atoms with E-state index in [1.807, 2.05) is 18.3 Å². The van der Waals surface area contributed by atoms with E-state index in [4.69, 9.17) is 26.0 Å². The first kappa shape index (κ1) is 26.7. The number of aromatic amines is 1. The van der Waals surface area contributed by atoms with Gasteiger partial charge in [-0.2, -0.15) is 8.42 Å². The molecule has 0 bridgehead atoms. The monoisotopic (exact) mass is 522 g/mol. The van der Waals surface area contributed by atoms with Crippen LogP contribution in [0.3, 0.4) is 0 Å². The third-order valence-corrected chi connectivity index (χ3v) is 7.34. The molecule has 1 atom stereocenters. The Kier molecular flexibility index (Phi) is 8.88. The van der Waals surface area contributed by atoms with Crippen molar-refractivity contribution in [1.82, 2.24) is 19.9 Å². The number of nitrogens with two attached hydrogens (primary N) is 2. The van der Waals surface area contributed by atoms with Crippen LogP contribution in [-0.4, -0.2) is 45.9 Å². The van der Waals surface area contributed by atoms with Gasteiger partial charge in [0, 0.05) is 11.9 Å². The molecule has 0 amide bonds. The molecule has 0 fully saturated rings. The summed E-state index contributed by atoms with van der Waals surface area (Å²) in [5.41, 5.74) is 16.3. The highest BCUT2D eigenvalue weighted by Gasteiger charge is 2.27. The number of anilines is 1. The van der Waals surface area contributed by atoms with Crippen LogP contribution in [0.25, 0.3) is 11.0 Å². The molecule has 2 aromatic heterocycles. The van der Waals surface area contributed by atoms with Gasteiger partial charge in [0.25, 0.3) is 10.1 Å². The molecule has 6 N–H and O–H groups in total. The van der Waals surface area contributed by atoms with Crippen LogP contribution in [0, 0.1) is 0 Å². The summed E-state index contributed by atoms with van der Waals surface area (Å²) in [5.74, 6) is 1.03. The number of unbranched alkanes of at least 4 members (excludes halogenated alkanes) is 1. The molecule has 1 aliphatic carbocycles. The highest BCUT2D eigenvalue weighted by Crippen LogP contribution is 2.33. The van der Waals surface area contributed by atoms with Crippen molar-refractivity contribution < 1.29 is 13.0 Å². The second kappa shape index (κ2) is 12.3. The fourth-order valence-electron chi connectivity index (χ4n) is 4.66. The standard InChI is InChI=1S/C21H27N5.C6H7NO3S/c22-12-3-4-14-26(15-20-24-17-9-1-2-10-18(17)25-20)19-11-5-7-16-8-6-13-23-21(16)19;7-5-1-3-6(4-2-5)11(8,9)10/h1-2,6,8-10,13,19H,3-5,7,11-12,14-15,22H2,(H,24,25);1-4H,7H2,(H,8,9,10). The number of rotatable bonds is 8. The topological polar surface area (TPSA) is 151 Å². The molecule has 5 rings (SSSR count). The van der Waals surface area contributed by atoms with Crippen molar-refractivity contribution in [3.63, 3.8) is 0 Å². The maximum absolute atomic E-state index is 10.5. The van der Waals surface area contributed by atoms with Crippen LogP contribution in [0.4, 0.5) is 5.69 Å². The second-order valence-corrected chi connectivity index (χ2v) is 10.6. The lowest BCUT2D eigenvalue weighted by Crippen LogP contribution is -2.33. The van der Waals surface area contributed by atoms with Crippen LogP contribution in [0.1, 0.15) is 48.8 Å². The smallest absolute Gasteiger partial charge is 0.294 e. The van der Waals surface area contributed by atoms with E-state index in [-0.39, 0.29) is 4.90 Å². The van der Waals surface area contributed by atoms with Crippen LogP contribution >= 0.6 is 0 Å². The van der Waals surface area contributed by atoms with Crippen molar-refractivity contribution in [2.75, 3.05) is 18.8 Å². The molecule has 0 aliphatic heterocycles. The summed E-state index contributed by atoms with van der Waals surface area (Å²) in [7, 11) is -4.08. The Bertz CT molecular complexity index is 1370. The molecular weight excluding hydrogens is 488 g/mol. The molecule has 37 heavy (non-hydrogen) atoms. The Balaban J connectivity index is 0.000000245. The number of nitrogen functional groups attached to an aromatic ring is 1. The van der Waals surface area contributed by atoms with Gasteiger partial charge in [-0.25, -0.2) is 4.98 Å². The third-order valence-electron chi connectivity index (χ3n) is 6.47. The number of hydrogen-bond donors (Lipinski definition) is 4. The van der Waals surface area contributed by atoms with Gasteiger partial charge in [-0.1, -0.05) is 18.2 Å². The predicted molar refractivity (Wildman–Crippen MR) is 145 cm³/mol. The van der Waals surface area contributed by atoms with Crippen LogP contribution in [0.5, 0.6) is 0 Å². The van der Waals surface area contributed by atoms with Gasteiger partial charge in [0.15, 0.2) is 0 Å². The lowest BCUT2D eigenvalue weighted by Gasteiger charge is -2.34. The van der Waals surface area contributed by atoms with Crippen molar-refractivity contribution in [1.29, 1.82) is 0 Å². The lowest BCUT2D eigenvalue weighted by atomic mass is 9.90. The van der Waals surface area contributed by atoms with Crippen LogP contribution < -0.4 is 11.5 Å². The maximum Gasteiger partial charge on any atom is 0.294 e. The van der Waals surface area contributed by atoms with E-state index < -0.39 is 10.1 Å². The van der Waals surface area contributed by atoms with E-state index in [2.05, 4.69) is 34.1 Å². The van der Waals surface area contributed by atoms with Gasteiger partial charge >= 0.3 is 0 Å². The van der Waals surface area contributed by atoms with Crippen molar-refractivity contribution in [3.8, 4) is 0 Å². The number of nitrogens with zero attached hydrogens (tertiary/aromatic N) is 3. The molecule has 1 aliphatic rings. The van der Waals surface area contributed by atoms with E-state index in [9.17, 15) is 8.42 Å². The zero-order valence-corrected chi connectivity index (χ0v) is 21.6. The van der Waals surface area contributed by atoms with Crippen molar-refractivity contribution in [2.45, 2.75) is 49.6 Å². The molecule has 2 aromatic carbocycles. The Hall–Kier alpha value is -3.31. The van der Waals surface area contributed by atoms with Gasteiger partial charge in [0.2, 0.25) is 0 Å². The second-order valence-electron chi connectivity index (χ2n) is 9.17. The summed E-state index contributed by atoms with van der Waals surface area (Å²) in [4.78, 5) is 15.4. The number of para-hydroxylation sites is 2. The van der Waals surface area contributed by atoms with Gasteiger partial charge in [0.05, 0.1) is 34.2 Å². The zero-order chi connectivity index (χ0) is 26.3. The number of nitrogens with one attached hydrogen (secondary N) is 1. The third kappa shape index (κ3) is 7.14. The summed E-state index contributed by atoms with van der Waals surface area (Å²) in [6.07, 6.45) is 7.61. The minimum absolute atomic E-state index is 0.147. The van der Waals surface area contributed by atoms with E-state index in [0.29, 0.717) is 11.7 Å². The molecule has 0 saturated heterocycles. The molecule has 2 heterocycles. The van der Waals surface area contributed by atoms with Gasteiger partial charge in [0.1, 0.15) is 5.82 Å². The summed E-state index contributed by atoms with van der Waals surface area (Å²) in [5, 5.41) is 0. The molecule has 0 radical (unpaired) electrons. The molecule has 0 spiro atoms. The van der Waals surface area contributed by atoms with E-state index in [1.54, 1.807) is 0 Å². The number of imidazole rings is 1. The van der Waals surface area contributed by atoms with Gasteiger partial charge in [-0.05, 0) is 93.2 Å². The lowest BCUT2D eigenvalue weighted by molar-refractivity contribution is 0.159. The highest BCUT2D eigenvalue weighted by atomic mass is 32.2. The molecule has 10 heteroatoms. The molecule has 4 aromatic rings. The van der Waals surface area contributed by atoms with Gasteiger partial charge < -0.3 is 16.5 Å². The highest BCUT2D eigenvalue weighted by molar-refractivity contribution is 7.85. The minimum atomic E-state index is -4.08. The average molecular weight is 523 g/mol. The van der Waals surface area contributed by atoms with E-state index in [1.165, 1.54) is 41.9 Å². The zero-order valence-electron chi connectivity index (χ0n) is 20.8. The Labute approximate surface area is 217 Å². The number of aryl methyl sites for hydroxylation is 1. The van der Waals surface area contributed by atoms with E-state index >= 15 is 0 Å². The van der Waals surface area contributed by atoms with Gasteiger partial charge in [-0.3, -0.25) is 14.4 Å². The predicted octanol–water partition coefficient (Wildman–Crippen LogP) is 4.09. The number of H-pyrrole nitrogens is 1. The van der Waals surface area contributed by atoms with Crippen molar-refractivity contribution in [3.05, 3.63) is 83.9 Å². The first-order chi connectivity index (χ1) is 17.8. The van der Waals surface area contributed by atoms with Gasteiger partial charge in [-0.15, -0.1) is 0 Å². The Morgan fingerprint density at radius 2 is 1.84 bits per heavy atom. The maximum atomic E-state index is 10.5. The number of benzene rings is 2. The summed E-state index contributed by atoms with van der Waals surface area (Å²) < 4.78 is 29.4. The quantitative estimate of drug-likeness (QED) is 0.153. The Morgan fingerprint density at radius 3 is 2.57 bits per heavy atom. The van der Waals surface area contributed by atoms with Crippen molar-refractivity contribution >= 4 is 26.8 Å². The molecule has 9 nitrogen and oxygen atoms in total. The first-order valence-corrected chi connectivity index (χ1v) is 13.9. The Morgan fingerprint density at radius 1 is 1.05 bits per heavy atom. The fourth-order valence-corrected chi connectivity index (χ4v) is 5.14. The number of hydrogen-bond acceptors (Lipinski definition) is 7.